The monoisotopic (exact) mass is 520 g/mol. The Hall–Kier alpha value is -3.42. The third-order valence-corrected chi connectivity index (χ3v) is 6.36. The number of aromatic nitrogens is 2. The van der Waals surface area contributed by atoms with Crippen molar-refractivity contribution < 1.29 is 9.59 Å². The van der Waals surface area contributed by atoms with E-state index in [0.717, 1.165) is 21.4 Å². The van der Waals surface area contributed by atoms with Crippen molar-refractivity contribution in [2.24, 2.45) is 0 Å². The van der Waals surface area contributed by atoms with Gasteiger partial charge < -0.3 is 14.8 Å². The number of benzene rings is 2. The largest absolute Gasteiger partial charge is 0.345 e. The van der Waals surface area contributed by atoms with E-state index in [1.54, 1.807) is 35.2 Å². The number of carbonyl (C=O) groups is 2. The number of amides is 2. The summed E-state index contributed by atoms with van der Waals surface area (Å²) in [6.07, 6.45) is 3.50. The summed E-state index contributed by atoms with van der Waals surface area (Å²) in [5.74, 6) is -0.203. The fourth-order valence-corrected chi connectivity index (χ4v) is 4.44. The molecule has 33 heavy (non-hydrogen) atoms. The molecule has 8 heteroatoms. The fraction of sp³-hybridized carbons (Fsp3) is 0.0800. The number of rotatable bonds is 3. The average Bonchev–Trinajstić information content (AvgIpc) is 3.19. The minimum atomic E-state index is -0.380. The lowest BCUT2D eigenvalue weighted by Crippen LogP contribution is -2.30. The molecule has 2 amide bonds. The minimum Gasteiger partial charge on any atom is -0.345 e. The van der Waals surface area contributed by atoms with E-state index in [4.69, 9.17) is 11.6 Å². The highest BCUT2D eigenvalue weighted by Crippen LogP contribution is 2.29. The van der Waals surface area contributed by atoms with Crippen LogP contribution in [0.15, 0.2) is 83.6 Å². The van der Waals surface area contributed by atoms with Crippen LogP contribution in [0.5, 0.6) is 0 Å². The number of para-hydroxylation sites is 1. The van der Waals surface area contributed by atoms with Crippen molar-refractivity contribution in [1.82, 2.24) is 9.55 Å². The second kappa shape index (κ2) is 8.84. The molecule has 0 bridgehead atoms. The van der Waals surface area contributed by atoms with Crippen LogP contribution in [0.4, 0.5) is 11.5 Å². The highest BCUT2D eigenvalue weighted by molar-refractivity contribution is 9.10. The molecule has 0 unspecified atom stereocenters. The first kappa shape index (κ1) is 21.4. The minimum absolute atomic E-state index is 0.155. The molecule has 0 saturated carbocycles. The van der Waals surface area contributed by atoms with Crippen molar-refractivity contribution >= 4 is 50.9 Å². The summed E-state index contributed by atoms with van der Waals surface area (Å²) in [6, 6.07) is 20.2. The molecule has 5 rings (SSSR count). The Kier molecular flexibility index (Phi) is 5.74. The zero-order chi connectivity index (χ0) is 22.9. The van der Waals surface area contributed by atoms with E-state index < -0.39 is 0 Å². The van der Waals surface area contributed by atoms with Crippen LogP contribution in [0.2, 0.25) is 5.02 Å². The van der Waals surface area contributed by atoms with Gasteiger partial charge in [0.15, 0.2) is 0 Å². The van der Waals surface area contributed by atoms with Gasteiger partial charge in [-0.3, -0.25) is 9.59 Å². The molecule has 1 aliphatic heterocycles. The van der Waals surface area contributed by atoms with Gasteiger partial charge in [0.1, 0.15) is 5.82 Å². The first-order valence-corrected chi connectivity index (χ1v) is 11.4. The Labute approximate surface area is 203 Å². The topological polar surface area (TPSA) is 67.2 Å². The lowest BCUT2D eigenvalue weighted by molar-refractivity contribution is 0.0983. The van der Waals surface area contributed by atoms with Crippen LogP contribution < -0.4 is 10.2 Å². The number of carbonyl (C=O) groups excluding carboxylic acids is 2. The molecule has 4 aromatic rings. The fourth-order valence-electron chi connectivity index (χ4n) is 3.87. The van der Waals surface area contributed by atoms with Crippen molar-refractivity contribution in [1.29, 1.82) is 0 Å². The lowest BCUT2D eigenvalue weighted by Gasteiger charge is -2.22. The number of hydrogen-bond donors (Lipinski definition) is 1. The van der Waals surface area contributed by atoms with Crippen molar-refractivity contribution in [2.75, 3.05) is 10.2 Å². The van der Waals surface area contributed by atoms with Crippen LogP contribution in [0.25, 0.3) is 0 Å². The zero-order valence-corrected chi connectivity index (χ0v) is 19.7. The van der Waals surface area contributed by atoms with Gasteiger partial charge in [0.05, 0.1) is 22.7 Å². The highest BCUT2D eigenvalue weighted by Gasteiger charge is 2.25. The standard InChI is InChI=1S/C25H18BrClN4O2/c26-18-8-9-21(27)20(12-18)24(32)29-23-10-7-16(13-28-23)25(33)31-15-19-5-3-11-30(19)14-17-4-1-2-6-22(17)31/h1-13H,14-15H2,(H,28,29,32). The smallest absolute Gasteiger partial charge is 0.260 e. The number of nitrogens with zero attached hydrogens (tertiary/aromatic N) is 3. The van der Waals surface area contributed by atoms with Gasteiger partial charge in [-0.1, -0.05) is 45.7 Å². The molecule has 3 heterocycles. The van der Waals surface area contributed by atoms with Crippen LogP contribution in [-0.2, 0) is 13.1 Å². The third kappa shape index (κ3) is 4.29. The summed E-state index contributed by atoms with van der Waals surface area (Å²) in [5.41, 5.74) is 3.78. The van der Waals surface area contributed by atoms with Gasteiger partial charge in [-0.25, -0.2) is 4.98 Å². The molecule has 0 fully saturated rings. The van der Waals surface area contributed by atoms with Crippen LogP contribution >= 0.6 is 27.5 Å². The van der Waals surface area contributed by atoms with Gasteiger partial charge in [0.2, 0.25) is 0 Å². The van der Waals surface area contributed by atoms with Crippen LogP contribution in [0.1, 0.15) is 32.0 Å². The molecule has 1 N–H and O–H groups in total. The molecular weight excluding hydrogens is 504 g/mol. The van der Waals surface area contributed by atoms with Gasteiger partial charge in [-0.15, -0.1) is 0 Å². The molecule has 6 nitrogen and oxygen atoms in total. The quantitative estimate of drug-likeness (QED) is 0.373. The predicted molar refractivity (Wildman–Crippen MR) is 132 cm³/mol. The summed E-state index contributed by atoms with van der Waals surface area (Å²) in [4.78, 5) is 32.1. The molecule has 1 aliphatic rings. The SMILES string of the molecule is O=C(Nc1ccc(C(=O)N2Cc3cccn3Cc3ccccc32)cn1)c1cc(Br)ccc1Cl. The maximum Gasteiger partial charge on any atom is 0.260 e. The molecule has 0 saturated heterocycles. The normalized spacial score (nSPS) is 12.5. The van der Waals surface area contributed by atoms with Gasteiger partial charge in [0, 0.05) is 34.8 Å². The maximum atomic E-state index is 13.5. The van der Waals surface area contributed by atoms with E-state index in [1.807, 2.05) is 42.6 Å². The Morgan fingerprint density at radius 1 is 1.00 bits per heavy atom. The van der Waals surface area contributed by atoms with Crippen molar-refractivity contribution in [3.05, 3.63) is 111 Å². The van der Waals surface area contributed by atoms with Crippen molar-refractivity contribution in [2.45, 2.75) is 13.1 Å². The van der Waals surface area contributed by atoms with E-state index in [1.165, 1.54) is 6.20 Å². The van der Waals surface area contributed by atoms with E-state index in [9.17, 15) is 9.59 Å². The van der Waals surface area contributed by atoms with Crippen molar-refractivity contribution in [3.63, 3.8) is 0 Å². The summed E-state index contributed by atoms with van der Waals surface area (Å²) in [6.45, 7) is 1.17. The number of pyridine rings is 1. The van der Waals surface area contributed by atoms with Gasteiger partial charge in [0.25, 0.3) is 11.8 Å². The van der Waals surface area contributed by atoms with E-state index >= 15 is 0 Å². The van der Waals surface area contributed by atoms with Crippen molar-refractivity contribution in [3.8, 4) is 0 Å². The Morgan fingerprint density at radius 2 is 1.85 bits per heavy atom. The number of halogens is 2. The second-order valence-electron chi connectivity index (χ2n) is 7.66. The molecule has 0 spiro atoms. The first-order chi connectivity index (χ1) is 16.0. The molecule has 164 valence electrons. The molecule has 0 aliphatic carbocycles. The Bertz CT molecular complexity index is 1370. The molecular formula is C25H18BrClN4O2. The molecule has 0 radical (unpaired) electrons. The summed E-state index contributed by atoms with van der Waals surface area (Å²) < 4.78 is 2.89. The van der Waals surface area contributed by atoms with E-state index in [2.05, 4.69) is 30.8 Å². The van der Waals surface area contributed by atoms with E-state index in [0.29, 0.717) is 35.1 Å². The molecule has 0 atom stereocenters. The predicted octanol–water partition coefficient (Wildman–Crippen LogP) is 5.76. The number of anilines is 2. The first-order valence-electron chi connectivity index (χ1n) is 10.3. The summed E-state index contributed by atoms with van der Waals surface area (Å²) >= 11 is 9.48. The third-order valence-electron chi connectivity index (χ3n) is 5.54. The van der Waals surface area contributed by atoms with Crippen LogP contribution in [-0.4, -0.2) is 21.4 Å². The lowest BCUT2D eigenvalue weighted by atomic mass is 10.1. The second-order valence-corrected chi connectivity index (χ2v) is 8.98. The zero-order valence-electron chi connectivity index (χ0n) is 17.3. The number of nitrogens with one attached hydrogen (secondary N) is 1. The Balaban J connectivity index is 1.39. The summed E-state index contributed by atoms with van der Waals surface area (Å²) in [5, 5.41) is 3.06. The molecule has 2 aromatic carbocycles. The van der Waals surface area contributed by atoms with Gasteiger partial charge in [-0.2, -0.15) is 0 Å². The summed E-state index contributed by atoms with van der Waals surface area (Å²) in [7, 11) is 0. The number of fused-ring (bicyclic) bond motifs is 2. The van der Waals surface area contributed by atoms with Gasteiger partial charge >= 0.3 is 0 Å². The highest BCUT2D eigenvalue weighted by atomic mass is 79.9. The van der Waals surface area contributed by atoms with Crippen LogP contribution in [0, 0.1) is 0 Å². The number of hydrogen-bond acceptors (Lipinski definition) is 3. The maximum absolute atomic E-state index is 13.5. The molecule has 2 aromatic heterocycles. The average molecular weight is 522 g/mol. The Morgan fingerprint density at radius 3 is 2.67 bits per heavy atom. The van der Waals surface area contributed by atoms with E-state index in [-0.39, 0.29) is 11.8 Å². The van der Waals surface area contributed by atoms with Crippen LogP contribution in [0.3, 0.4) is 0 Å². The van der Waals surface area contributed by atoms with Gasteiger partial charge in [-0.05, 0) is 54.1 Å².